The Kier molecular flexibility index (Phi) is 4.60. The zero-order valence-corrected chi connectivity index (χ0v) is 13.1. The second kappa shape index (κ2) is 6.62. The fourth-order valence-electron chi connectivity index (χ4n) is 2.96. The van der Waals surface area contributed by atoms with Crippen LogP contribution in [0.5, 0.6) is 0 Å². The van der Waals surface area contributed by atoms with Crippen molar-refractivity contribution in [3.05, 3.63) is 46.5 Å². The lowest BCUT2D eigenvalue weighted by atomic mass is 10.2. The number of fused-ring (bicyclic) bond motifs is 1. The largest absolute Gasteiger partial charge is 0.308 e. The molecule has 2 aromatic heterocycles. The number of pyridine rings is 1. The van der Waals surface area contributed by atoms with Gasteiger partial charge in [-0.25, -0.2) is 4.98 Å². The Bertz CT molecular complexity index is 670. The summed E-state index contributed by atoms with van der Waals surface area (Å²) in [5.41, 5.74) is 1.54. The molecule has 112 valence electrons. The third-order valence-electron chi connectivity index (χ3n) is 3.98. The van der Waals surface area contributed by atoms with Crippen LogP contribution < -0.4 is 10.9 Å². The lowest BCUT2D eigenvalue weighted by Crippen LogP contribution is -2.27. The average molecular weight is 303 g/mol. The Morgan fingerprint density at radius 1 is 1.43 bits per heavy atom. The van der Waals surface area contributed by atoms with E-state index < -0.39 is 0 Å². The maximum Gasteiger partial charge on any atom is 0.258 e. The van der Waals surface area contributed by atoms with Crippen LogP contribution in [0.2, 0.25) is 0 Å². The summed E-state index contributed by atoms with van der Waals surface area (Å²) in [5.74, 6) is 1.19. The van der Waals surface area contributed by atoms with Gasteiger partial charge in [0.25, 0.3) is 5.56 Å². The van der Waals surface area contributed by atoms with E-state index in [1.54, 1.807) is 16.7 Å². The molecular formula is C16H21N3OS. The van der Waals surface area contributed by atoms with E-state index in [0.29, 0.717) is 18.2 Å². The van der Waals surface area contributed by atoms with Crippen LogP contribution in [0, 0.1) is 0 Å². The van der Waals surface area contributed by atoms with Crippen molar-refractivity contribution in [2.24, 2.45) is 0 Å². The third kappa shape index (κ3) is 3.47. The van der Waals surface area contributed by atoms with E-state index in [0.717, 1.165) is 10.9 Å². The average Bonchev–Trinajstić information content (AvgIpc) is 2.93. The Morgan fingerprint density at radius 3 is 3.19 bits per heavy atom. The highest BCUT2D eigenvalue weighted by atomic mass is 32.2. The minimum atomic E-state index is -0.0109. The minimum Gasteiger partial charge on any atom is -0.308 e. The van der Waals surface area contributed by atoms with Crippen LogP contribution in [-0.2, 0) is 6.54 Å². The number of nitrogens with zero attached hydrogens (tertiary/aromatic N) is 2. The van der Waals surface area contributed by atoms with Gasteiger partial charge in [-0.2, -0.15) is 11.8 Å². The fourth-order valence-corrected chi connectivity index (χ4v) is 4.10. The van der Waals surface area contributed by atoms with Crippen LogP contribution in [0.15, 0.2) is 35.3 Å². The van der Waals surface area contributed by atoms with Gasteiger partial charge in [-0.1, -0.05) is 13.0 Å². The second-order valence-corrected chi connectivity index (χ2v) is 7.06. The van der Waals surface area contributed by atoms with Crippen molar-refractivity contribution in [3.8, 4) is 0 Å². The van der Waals surface area contributed by atoms with Gasteiger partial charge in [0, 0.05) is 30.1 Å². The summed E-state index contributed by atoms with van der Waals surface area (Å²) < 4.78 is 1.58. The maximum absolute atomic E-state index is 12.0. The molecule has 1 aliphatic rings. The van der Waals surface area contributed by atoms with Crippen molar-refractivity contribution in [2.45, 2.75) is 44.0 Å². The van der Waals surface area contributed by atoms with E-state index in [-0.39, 0.29) is 5.56 Å². The summed E-state index contributed by atoms with van der Waals surface area (Å²) in [6, 6.07) is 7.81. The summed E-state index contributed by atoms with van der Waals surface area (Å²) in [6.07, 6.45) is 5.50. The van der Waals surface area contributed by atoms with Crippen molar-refractivity contribution in [3.63, 3.8) is 0 Å². The van der Waals surface area contributed by atoms with Crippen LogP contribution >= 0.6 is 11.8 Å². The van der Waals surface area contributed by atoms with Crippen molar-refractivity contribution in [1.82, 2.24) is 14.7 Å². The van der Waals surface area contributed by atoms with Crippen molar-refractivity contribution in [1.29, 1.82) is 0 Å². The number of hydrogen-bond acceptors (Lipinski definition) is 4. The first kappa shape index (κ1) is 14.6. The van der Waals surface area contributed by atoms with E-state index in [2.05, 4.69) is 29.0 Å². The van der Waals surface area contributed by atoms with E-state index in [4.69, 9.17) is 0 Å². The lowest BCUT2D eigenvalue weighted by Gasteiger charge is -2.13. The van der Waals surface area contributed by atoms with Crippen molar-refractivity contribution < 1.29 is 0 Å². The molecule has 0 bridgehead atoms. The van der Waals surface area contributed by atoms with Crippen LogP contribution in [0.1, 0.15) is 31.9 Å². The first-order valence-corrected chi connectivity index (χ1v) is 8.63. The smallest absolute Gasteiger partial charge is 0.258 e. The van der Waals surface area contributed by atoms with Crippen molar-refractivity contribution >= 4 is 17.4 Å². The van der Waals surface area contributed by atoms with Gasteiger partial charge in [0.1, 0.15) is 5.65 Å². The summed E-state index contributed by atoms with van der Waals surface area (Å²) in [4.78, 5) is 16.6. The van der Waals surface area contributed by atoms with Gasteiger partial charge in [-0.3, -0.25) is 9.20 Å². The van der Waals surface area contributed by atoms with Gasteiger partial charge in [0.15, 0.2) is 0 Å². The number of aromatic nitrogens is 2. The zero-order chi connectivity index (χ0) is 14.7. The highest BCUT2D eigenvalue weighted by Crippen LogP contribution is 2.29. The highest BCUT2D eigenvalue weighted by molar-refractivity contribution is 7.99. The summed E-state index contributed by atoms with van der Waals surface area (Å²) in [5, 5.41) is 4.35. The Morgan fingerprint density at radius 2 is 2.33 bits per heavy atom. The van der Waals surface area contributed by atoms with Gasteiger partial charge in [0.2, 0.25) is 0 Å². The Labute approximate surface area is 129 Å². The molecule has 21 heavy (non-hydrogen) atoms. The quantitative estimate of drug-likeness (QED) is 0.921. The van der Waals surface area contributed by atoms with E-state index in [1.807, 2.05) is 18.2 Å². The van der Waals surface area contributed by atoms with Gasteiger partial charge in [-0.05, 0) is 37.1 Å². The summed E-state index contributed by atoms with van der Waals surface area (Å²) >= 11 is 2.06. The first-order valence-electron chi connectivity index (χ1n) is 7.58. The maximum atomic E-state index is 12.0. The molecule has 4 nitrogen and oxygen atoms in total. The standard InChI is InChI=1S/C16H21N3OS/c1-2-21-14-7-6-12(9-14)17-11-13-10-16(20)19-8-4-3-5-15(19)18-13/h3-5,8,10,12,14,17H,2,6-7,9,11H2,1H3. The van der Waals surface area contributed by atoms with Gasteiger partial charge in [0.05, 0.1) is 5.69 Å². The first-order chi connectivity index (χ1) is 10.3. The highest BCUT2D eigenvalue weighted by Gasteiger charge is 2.24. The molecule has 0 radical (unpaired) electrons. The predicted octanol–water partition coefficient (Wildman–Crippen LogP) is 2.46. The molecule has 1 fully saturated rings. The number of hydrogen-bond donors (Lipinski definition) is 1. The molecule has 3 rings (SSSR count). The molecule has 0 spiro atoms. The predicted molar refractivity (Wildman–Crippen MR) is 87.9 cm³/mol. The summed E-state index contributed by atoms with van der Waals surface area (Å²) in [6.45, 7) is 2.90. The zero-order valence-electron chi connectivity index (χ0n) is 12.3. The molecule has 2 heterocycles. The van der Waals surface area contributed by atoms with E-state index >= 15 is 0 Å². The van der Waals surface area contributed by atoms with E-state index in [1.165, 1.54) is 25.0 Å². The second-order valence-electron chi connectivity index (χ2n) is 5.48. The van der Waals surface area contributed by atoms with Gasteiger partial charge < -0.3 is 5.32 Å². The number of thioether (sulfide) groups is 1. The lowest BCUT2D eigenvalue weighted by molar-refractivity contribution is 0.520. The SMILES string of the molecule is CCSC1CCC(NCc2cc(=O)n3ccccc3n2)C1. The van der Waals surface area contributed by atoms with Gasteiger partial charge in [-0.15, -0.1) is 0 Å². The summed E-state index contributed by atoms with van der Waals surface area (Å²) in [7, 11) is 0. The molecule has 5 heteroatoms. The molecule has 2 unspecified atom stereocenters. The molecule has 0 amide bonds. The van der Waals surface area contributed by atoms with Crippen LogP contribution in [0.4, 0.5) is 0 Å². The molecule has 1 aliphatic carbocycles. The normalized spacial score (nSPS) is 22.0. The molecule has 1 saturated carbocycles. The fraction of sp³-hybridized carbons (Fsp3) is 0.500. The monoisotopic (exact) mass is 303 g/mol. The molecule has 0 aromatic carbocycles. The number of rotatable bonds is 5. The van der Waals surface area contributed by atoms with Crippen molar-refractivity contribution in [2.75, 3.05) is 5.75 Å². The molecule has 2 atom stereocenters. The molecule has 0 saturated heterocycles. The van der Waals surface area contributed by atoms with E-state index in [9.17, 15) is 4.79 Å². The molecule has 0 aliphatic heterocycles. The van der Waals surface area contributed by atoms with Crippen LogP contribution in [0.3, 0.4) is 0 Å². The topological polar surface area (TPSA) is 46.4 Å². The molecule has 2 aromatic rings. The molecular weight excluding hydrogens is 282 g/mol. The van der Waals surface area contributed by atoms with Crippen LogP contribution in [-0.4, -0.2) is 26.4 Å². The van der Waals surface area contributed by atoms with Gasteiger partial charge >= 0.3 is 0 Å². The Balaban J connectivity index is 1.65. The number of nitrogens with one attached hydrogen (secondary N) is 1. The Hall–Kier alpha value is -1.33. The molecule has 1 N–H and O–H groups in total. The third-order valence-corrected chi connectivity index (χ3v) is 5.22. The van der Waals surface area contributed by atoms with Crippen LogP contribution in [0.25, 0.3) is 5.65 Å². The minimum absolute atomic E-state index is 0.0109.